The van der Waals surface area contributed by atoms with Crippen molar-refractivity contribution in [1.82, 2.24) is 9.88 Å². The molecule has 0 saturated carbocycles. The number of carbonyl (C=O) groups excluding carboxylic acids is 2. The molecule has 1 amide bonds. The zero-order chi connectivity index (χ0) is 20.2. The van der Waals surface area contributed by atoms with Crippen LogP contribution in [0.3, 0.4) is 0 Å². The van der Waals surface area contributed by atoms with Crippen LogP contribution < -0.4 is 0 Å². The molecule has 2 heterocycles. The number of H-pyrrole nitrogens is 1. The second-order valence-electron chi connectivity index (χ2n) is 7.57. The first-order chi connectivity index (χ1) is 14.2. The van der Waals surface area contributed by atoms with Gasteiger partial charge in [0.15, 0.2) is 5.78 Å². The van der Waals surface area contributed by atoms with Gasteiger partial charge in [0.05, 0.1) is 5.52 Å². The normalized spacial score (nSPS) is 15.0. The second-order valence-corrected chi connectivity index (χ2v) is 8.42. The standard InChI is InChI=1S/C24H26N2O2S/c1-29-22-9-5-8-19-20(16-25-24(19)22)21(27)10-11-23(28)26-14-12-18(13-15-26)17-6-3-2-4-7-17/h2-9,16,18,25H,10-15H2,1H3. The quantitative estimate of drug-likeness (QED) is 0.449. The van der Waals surface area contributed by atoms with Gasteiger partial charge in [0.25, 0.3) is 0 Å². The summed E-state index contributed by atoms with van der Waals surface area (Å²) in [6, 6.07) is 16.5. The molecule has 1 N–H and O–H groups in total. The zero-order valence-corrected chi connectivity index (χ0v) is 17.5. The monoisotopic (exact) mass is 406 g/mol. The van der Waals surface area contributed by atoms with Crippen LogP contribution in [0.5, 0.6) is 0 Å². The summed E-state index contributed by atoms with van der Waals surface area (Å²) in [5.41, 5.74) is 3.04. The summed E-state index contributed by atoms with van der Waals surface area (Å²) >= 11 is 1.66. The van der Waals surface area contributed by atoms with Gasteiger partial charge in [-0.1, -0.05) is 42.5 Å². The van der Waals surface area contributed by atoms with E-state index in [1.807, 2.05) is 35.4 Å². The first-order valence-corrected chi connectivity index (χ1v) is 11.4. The van der Waals surface area contributed by atoms with Crippen LogP contribution in [0, 0.1) is 0 Å². The first kappa shape index (κ1) is 19.8. The minimum atomic E-state index is 0.0297. The molecule has 0 atom stereocenters. The summed E-state index contributed by atoms with van der Waals surface area (Å²) in [5.74, 6) is 0.648. The van der Waals surface area contributed by atoms with E-state index in [1.54, 1.807) is 18.0 Å². The van der Waals surface area contributed by atoms with Crippen LogP contribution >= 0.6 is 11.8 Å². The molecule has 4 rings (SSSR count). The van der Waals surface area contributed by atoms with Crippen LogP contribution in [-0.4, -0.2) is 40.9 Å². The average Bonchev–Trinajstić information content (AvgIpc) is 3.22. The molecule has 0 aliphatic carbocycles. The molecular weight excluding hydrogens is 380 g/mol. The van der Waals surface area contributed by atoms with Crippen molar-refractivity contribution in [3.05, 3.63) is 65.9 Å². The van der Waals surface area contributed by atoms with Crippen LogP contribution in [0.15, 0.2) is 59.6 Å². The molecule has 1 aromatic heterocycles. The average molecular weight is 407 g/mol. The number of nitrogens with one attached hydrogen (secondary N) is 1. The lowest BCUT2D eigenvalue weighted by Gasteiger charge is -2.32. The van der Waals surface area contributed by atoms with E-state index < -0.39 is 0 Å². The SMILES string of the molecule is CSc1cccc2c(C(=O)CCC(=O)N3CCC(c4ccccc4)CC3)c[nH]c12. The number of rotatable bonds is 6. The molecule has 3 aromatic rings. The molecule has 29 heavy (non-hydrogen) atoms. The maximum atomic E-state index is 12.7. The Labute approximate surface area is 175 Å². The van der Waals surface area contributed by atoms with Gasteiger partial charge in [0, 0.05) is 48.0 Å². The van der Waals surface area contributed by atoms with Gasteiger partial charge in [-0.3, -0.25) is 9.59 Å². The number of thioether (sulfide) groups is 1. The van der Waals surface area contributed by atoms with Crippen LogP contribution in [0.1, 0.15) is 47.5 Å². The van der Waals surface area contributed by atoms with E-state index in [1.165, 1.54) is 5.56 Å². The summed E-state index contributed by atoms with van der Waals surface area (Å²) in [4.78, 5) is 31.7. The number of Topliss-reactive ketones (excluding diaryl/α,β-unsaturated/α-hetero) is 1. The molecule has 2 aromatic carbocycles. The number of carbonyl (C=O) groups is 2. The molecule has 0 radical (unpaired) electrons. The number of ketones is 1. The molecular formula is C24H26N2O2S. The Morgan fingerprint density at radius 2 is 1.79 bits per heavy atom. The van der Waals surface area contributed by atoms with Crippen LogP contribution in [-0.2, 0) is 4.79 Å². The van der Waals surface area contributed by atoms with E-state index in [4.69, 9.17) is 0 Å². The molecule has 1 fully saturated rings. The lowest BCUT2D eigenvalue weighted by molar-refractivity contribution is -0.132. The van der Waals surface area contributed by atoms with E-state index >= 15 is 0 Å². The molecule has 1 aliphatic heterocycles. The Hall–Kier alpha value is -2.53. The summed E-state index contributed by atoms with van der Waals surface area (Å²) in [7, 11) is 0. The Morgan fingerprint density at radius 3 is 2.52 bits per heavy atom. The first-order valence-electron chi connectivity index (χ1n) is 10.2. The fourth-order valence-electron chi connectivity index (χ4n) is 4.23. The predicted molar refractivity (Wildman–Crippen MR) is 119 cm³/mol. The van der Waals surface area contributed by atoms with Crippen molar-refractivity contribution in [3.8, 4) is 0 Å². The number of piperidine rings is 1. The number of aromatic nitrogens is 1. The highest BCUT2D eigenvalue weighted by atomic mass is 32.2. The fourth-order valence-corrected chi connectivity index (χ4v) is 4.82. The summed E-state index contributed by atoms with van der Waals surface area (Å²) in [5, 5.41) is 0.943. The largest absolute Gasteiger partial charge is 0.360 e. The van der Waals surface area contributed by atoms with Gasteiger partial charge in [0.2, 0.25) is 5.91 Å². The minimum Gasteiger partial charge on any atom is -0.360 e. The van der Waals surface area contributed by atoms with Crippen molar-refractivity contribution < 1.29 is 9.59 Å². The molecule has 0 spiro atoms. The van der Waals surface area contributed by atoms with Crippen LogP contribution in [0.25, 0.3) is 10.9 Å². The number of fused-ring (bicyclic) bond motifs is 1. The molecule has 150 valence electrons. The van der Waals surface area contributed by atoms with Gasteiger partial charge >= 0.3 is 0 Å². The van der Waals surface area contributed by atoms with Crippen molar-refractivity contribution in [2.45, 2.75) is 36.5 Å². The van der Waals surface area contributed by atoms with Crippen molar-refractivity contribution in [3.63, 3.8) is 0 Å². The van der Waals surface area contributed by atoms with E-state index in [0.29, 0.717) is 11.5 Å². The smallest absolute Gasteiger partial charge is 0.223 e. The number of aromatic amines is 1. The summed E-state index contributed by atoms with van der Waals surface area (Å²) in [6.45, 7) is 1.55. The van der Waals surface area contributed by atoms with Crippen LogP contribution in [0.4, 0.5) is 0 Å². The number of amides is 1. The minimum absolute atomic E-state index is 0.0297. The third-order valence-electron chi connectivity index (χ3n) is 5.88. The third-order valence-corrected chi connectivity index (χ3v) is 6.66. The molecule has 4 nitrogen and oxygen atoms in total. The highest BCUT2D eigenvalue weighted by molar-refractivity contribution is 7.98. The lowest BCUT2D eigenvalue weighted by atomic mass is 9.89. The van der Waals surface area contributed by atoms with Crippen molar-refractivity contribution in [2.24, 2.45) is 0 Å². The van der Waals surface area contributed by atoms with Gasteiger partial charge in [-0.25, -0.2) is 0 Å². The number of para-hydroxylation sites is 1. The highest BCUT2D eigenvalue weighted by Crippen LogP contribution is 2.30. The maximum absolute atomic E-state index is 12.7. The number of hydrogen-bond acceptors (Lipinski definition) is 3. The Morgan fingerprint density at radius 1 is 1.03 bits per heavy atom. The van der Waals surface area contributed by atoms with Crippen molar-refractivity contribution >= 4 is 34.4 Å². The summed E-state index contributed by atoms with van der Waals surface area (Å²) in [6.07, 6.45) is 6.32. The van der Waals surface area contributed by atoms with Gasteiger partial charge in [-0.2, -0.15) is 0 Å². The van der Waals surface area contributed by atoms with Gasteiger partial charge in [0.1, 0.15) is 0 Å². The topological polar surface area (TPSA) is 53.2 Å². The summed E-state index contributed by atoms with van der Waals surface area (Å²) < 4.78 is 0. The third kappa shape index (κ3) is 4.25. The van der Waals surface area contributed by atoms with E-state index in [0.717, 1.165) is 41.7 Å². The van der Waals surface area contributed by atoms with Crippen molar-refractivity contribution in [2.75, 3.05) is 19.3 Å². The van der Waals surface area contributed by atoms with Gasteiger partial charge in [-0.05, 0) is 36.6 Å². The van der Waals surface area contributed by atoms with E-state index in [-0.39, 0.29) is 24.5 Å². The fraction of sp³-hybridized carbons (Fsp3) is 0.333. The van der Waals surface area contributed by atoms with Crippen molar-refractivity contribution in [1.29, 1.82) is 0 Å². The van der Waals surface area contributed by atoms with Gasteiger partial charge in [-0.15, -0.1) is 11.8 Å². The van der Waals surface area contributed by atoms with E-state index in [9.17, 15) is 9.59 Å². The predicted octanol–water partition coefficient (Wildman–Crippen LogP) is 5.26. The van der Waals surface area contributed by atoms with Crippen LogP contribution in [0.2, 0.25) is 0 Å². The Bertz CT molecular complexity index is 1000. The number of hydrogen-bond donors (Lipinski definition) is 1. The maximum Gasteiger partial charge on any atom is 0.223 e. The number of benzene rings is 2. The second kappa shape index (κ2) is 8.87. The molecule has 5 heteroatoms. The molecule has 0 bridgehead atoms. The molecule has 1 saturated heterocycles. The lowest BCUT2D eigenvalue weighted by Crippen LogP contribution is -2.38. The molecule has 1 aliphatic rings. The Balaban J connectivity index is 1.33. The Kier molecular flexibility index (Phi) is 6.05. The highest BCUT2D eigenvalue weighted by Gasteiger charge is 2.24. The number of likely N-dealkylation sites (tertiary alicyclic amines) is 1. The van der Waals surface area contributed by atoms with Gasteiger partial charge < -0.3 is 9.88 Å². The number of nitrogens with zero attached hydrogens (tertiary/aromatic N) is 1. The zero-order valence-electron chi connectivity index (χ0n) is 16.7. The van der Waals surface area contributed by atoms with E-state index in [2.05, 4.69) is 29.2 Å². The molecule has 0 unspecified atom stereocenters.